The molecule has 0 aromatic carbocycles. The molecular weight excluding hydrogens is 188 g/mol. The van der Waals surface area contributed by atoms with Gasteiger partial charge in [-0.2, -0.15) is 0 Å². The maximum Gasteiger partial charge on any atom is 0.142 e. The number of nitrogens with zero attached hydrogens (tertiary/aromatic N) is 2. The minimum Gasteiger partial charge on any atom is -0.382 e. The second-order valence-electron chi connectivity index (χ2n) is 3.66. The van der Waals surface area contributed by atoms with Gasteiger partial charge >= 0.3 is 0 Å². The molecule has 0 saturated heterocycles. The van der Waals surface area contributed by atoms with Crippen LogP contribution in [-0.2, 0) is 6.54 Å². The van der Waals surface area contributed by atoms with Crippen LogP contribution >= 0.6 is 0 Å². The normalized spacial score (nSPS) is 10.6. The Hall–Kier alpha value is -1.42. The van der Waals surface area contributed by atoms with Crippen LogP contribution in [0.1, 0.15) is 24.6 Å². The standard InChI is InChI=1S/C11H18N4/c1-3-7-15(2)8-9-5-4-6-14-10(9)11(12)13/h4-6H,3,7-8H2,1-2H3,(H3,12,13). The highest BCUT2D eigenvalue weighted by Crippen LogP contribution is 2.07. The molecule has 0 spiro atoms. The number of rotatable bonds is 5. The van der Waals surface area contributed by atoms with Gasteiger partial charge in [0.15, 0.2) is 0 Å². The summed E-state index contributed by atoms with van der Waals surface area (Å²) in [6, 6.07) is 3.84. The molecule has 1 rings (SSSR count). The molecule has 3 N–H and O–H groups in total. The minimum atomic E-state index is 0.0375. The molecule has 0 amide bonds. The topological polar surface area (TPSA) is 66.0 Å². The molecule has 0 unspecified atom stereocenters. The van der Waals surface area contributed by atoms with Gasteiger partial charge in [-0.15, -0.1) is 0 Å². The molecule has 0 aliphatic rings. The van der Waals surface area contributed by atoms with Gasteiger partial charge in [-0.3, -0.25) is 10.4 Å². The molecule has 0 fully saturated rings. The van der Waals surface area contributed by atoms with E-state index in [0.717, 1.165) is 25.1 Å². The quantitative estimate of drug-likeness (QED) is 0.562. The molecule has 0 bridgehead atoms. The zero-order valence-electron chi connectivity index (χ0n) is 9.33. The number of hydrogen-bond donors (Lipinski definition) is 2. The van der Waals surface area contributed by atoms with Gasteiger partial charge < -0.3 is 10.6 Å². The molecule has 0 radical (unpaired) electrons. The van der Waals surface area contributed by atoms with Crippen LogP contribution in [0.2, 0.25) is 0 Å². The Labute approximate surface area is 90.6 Å². The fourth-order valence-corrected chi connectivity index (χ4v) is 1.56. The molecule has 0 aliphatic carbocycles. The van der Waals surface area contributed by atoms with E-state index in [0.29, 0.717) is 5.69 Å². The van der Waals surface area contributed by atoms with E-state index < -0.39 is 0 Å². The predicted molar refractivity (Wildman–Crippen MR) is 61.9 cm³/mol. The van der Waals surface area contributed by atoms with E-state index >= 15 is 0 Å². The molecule has 0 atom stereocenters. The number of nitrogens with two attached hydrogens (primary N) is 1. The number of hydrogen-bond acceptors (Lipinski definition) is 3. The second kappa shape index (κ2) is 5.46. The zero-order chi connectivity index (χ0) is 11.3. The van der Waals surface area contributed by atoms with Gasteiger partial charge in [0.05, 0.1) is 0 Å². The van der Waals surface area contributed by atoms with Gasteiger partial charge in [0, 0.05) is 12.7 Å². The first-order valence-corrected chi connectivity index (χ1v) is 5.12. The first kappa shape index (κ1) is 11.7. The number of nitrogens with one attached hydrogen (secondary N) is 1. The van der Waals surface area contributed by atoms with Crippen molar-refractivity contribution in [2.24, 2.45) is 5.73 Å². The Morgan fingerprint density at radius 1 is 1.60 bits per heavy atom. The fourth-order valence-electron chi connectivity index (χ4n) is 1.56. The van der Waals surface area contributed by atoms with Crippen molar-refractivity contribution in [1.29, 1.82) is 5.41 Å². The van der Waals surface area contributed by atoms with E-state index in [2.05, 4.69) is 23.9 Å². The highest BCUT2D eigenvalue weighted by molar-refractivity contribution is 5.94. The van der Waals surface area contributed by atoms with Crippen LogP contribution in [0.4, 0.5) is 0 Å². The molecular formula is C11H18N4. The van der Waals surface area contributed by atoms with E-state index in [9.17, 15) is 0 Å². The van der Waals surface area contributed by atoms with Gasteiger partial charge in [0.2, 0.25) is 0 Å². The summed E-state index contributed by atoms with van der Waals surface area (Å²) in [5.41, 5.74) is 7.08. The van der Waals surface area contributed by atoms with Crippen LogP contribution in [-0.4, -0.2) is 29.3 Å². The van der Waals surface area contributed by atoms with E-state index in [-0.39, 0.29) is 5.84 Å². The van der Waals surface area contributed by atoms with E-state index in [1.807, 2.05) is 12.1 Å². The Balaban J connectivity index is 2.79. The molecule has 82 valence electrons. The van der Waals surface area contributed by atoms with Gasteiger partial charge in [-0.25, -0.2) is 0 Å². The van der Waals surface area contributed by atoms with Crippen molar-refractivity contribution in [3.63, 3.8) is 0 Å². The van der Waals surface area contributed by atoms with E-state index in [1.54, 1.807) is 6.20 Å². The predicted octanol–water partition coefficient (Wildman–Crippen LogP) is 1.21. The molecule has 1 heterocycles. The van der Waals surface area contributed by atoms with Crippen molar-refractivity contribution < 1.29 is 0 Å². The second-order valence-corrected chi connectivity index (χ2v) is 3.66. The maximum atomic E-state index is 7.42. The number of aromatic nitrogens is 1. The first-order valence-electron chi connectivity index (χ1n) is 5.12. The maximum absolute atomic E-state index is 7.42. The van der Waals surface area contributed by atoms with E-state index in [4.69, 9.17) is 11.1 Å². The average molecular weight is 206 g/mol. The molecule has 15 heavy (non-hydrogen) atoms. The summed E-state index contributed by atoms with van der Waals surface area (Å²) < 4.78 is 0. The van der Waals surface area contributed by atoms with Crippen LogP contribution in [0.15, 0.2) is 18.3 Å². The van der Waals surface area contributed by atoms with Crippen molar-refractivity contribution in [3.05, 3.63) is 29.6 Å². The van der Waals surface area contributed by atoms with Crippen molar-refractivity contribution >= 4 is 5.84 Å². The summed E-state index contributed by atoms with van der Waals surface area (Å²) in [5.74, 6) is 0.0375. The van der Waals surface area contributed by atoms with Crippen LogP contribution in [0.25, 0.3) is 0 Å². The highest BCUT2D eigenvalue weighted by atomic mass is 15.1. The van der Waals surface area contributed by atoms with E-state index in [1.165, 1.54) is 0 Å². The van der Waals surface area contributed by atoms with Crippen LogP contribution < -0.4 is 5.73 Å². The largest absolute Gasteiger partial charge is 0.382 e. The summed E-state index contributed by atoms with van der Waals surface area (Å²) in [5, 5.41) is 7.42. The Kier molecular flexibility index (Phi) is 4.24. The summed E-state index contributed by atoms with van der Waals surface area (Å²) in [7, 11) is 2.06. The number of nitrogen functional groups attached to an aromatic ring is 1. The third-order valence-corrected chi connectivity index (χ3v) is 2.19. The van der Waals surface area contributed by atoms with Crippen LogP contribution in [0, 0.1) is 5.41 Å². The number of pyridine rings is 1. The summed E-state index contributed by atoms with van der Waals surface area (Å²) in [6.07, 6.45) is 2.78. The average Bonchev–Trinajstić information content (AvgIpc) is 2.18. The van der Waals surface area contributed by atoms with Gasteiger partial charge in [0.25, 0.3) is 0 Å². The third-order valence-electron chi connectivity index (χ3n) is 2.19. The highest BCUT2D eigenvalue weighted by Gasteiger charge is 2.07. The van der Waals surface area contributed by atoms with Gasteiger partial charge in [-0.1, -0.05) is 13.0 Å². The lowest BCUT2D eigenvalue weighted by Gasteiger charge is -2.16. The Morgan fingerprint density at radius 3 is 2.93 bits per heavy atom. The Bertz CT molecular complexity index is 335. The first-order chi connectivity index (χ1) is 7.15. The minimum absolute atomic E-state index is 0.0375. The lowest BCUT2D eigenvalue weighted by atomic mass is 10.1. The Morgan fingerprint density at radius 2 is 2.33 bits per heavy atom. The molecule has 4 heteroatoms. The van der Waals surface area contributed by atoms with Gasteiger partial charge in [-0.05, 0) is 31.6 Å². The van der Waals surface area contributed by atoms with Crippen LogP contribution in [0.3, 0.4) is 0 Å². The SMILES string of the molecule is CCCN(C)Cc1cccnc1C(=N)N. The smallest absolute Gasteiger partial charge is 0.142 e. The fraction of sp³-hybridized carbons (Fsp3) is 0.455. The number of amidine groups is 1. The van der Waals surface area contributed by atoms with Crippen molar-refractivity contribution in [2.45, 2.75) is 19.9 Å². The summed E-state index contributed by atoms with van der Waals surface area (Å²) >= 11 is 0. The van der Waals surface area contributed by atoms with Gasteiger partial charge in [0.1, 0.15) is 11.5 Å². The summed E-state index contributed by atoms with van der Waals surface area (Å²) in [6.45, 7) is 3.97. The molecule has 0 aliphatic heterocycles. The van der Waals surface area contributed by atoms with Crippen molar-refractivity contribution in [1.82, 2.24) is 9.88 Å². The summed E-state index contributed by atoms with van der Waals surface area (Å²) in [4.78, 5) is 6.31. The third kappa shape index (κ3) is 3.32. The van der Waals surface area contributed by atoms with Crippen molar-refractivity contribution in [3.8, 4) is 0 Å². The molecule has 4 nitrogen and oxygen atoms in total. The monoisotopic (exact) mass is 206 g/mol. The molecule has 1 aromatic rings. The zero-order valence-corrected chi connectivity index (χ0v) is 9.33. The lowest BCUT2D eigenvalue weighted by molar-refractivity contribution is 0.327. The molecule has 0 saturated carbocycles. The van der Waals surface area contributed by atoms with Crippen LogP contribution in [0.5, 0.6) is 0 Å². The van der Waals surface area contributed by atoms with Crippen molar-refractivity contribution in [2.75, 3.05) is 13.6 Å². The molecule has 1 aromatic heterocycles. The lowest BCUT2D eigenvalue weighted by Crippen LogP contribution is -2.22.